The minimum Gasteiger partial charge on any atom is -0.497 e. The Morgan fingerprint density at radius 1 is 1.33 bits per heavy atom. The zero-order valence-electron chi connectivity index (χ0n) is 9.23. The van der Waals surface area contributed by atoms with Crippen molar-refractivity contribution < 1.29 is 13.2 Å². The maximum absolute atomic E-state index is 11.7. The van der Waals surface area contributed by atoms with E-state index in [0.717, 1.165) is 5.56 Å². The van der Waals surface area contributed by atoms with Gasteiger partial charge in [0.1, 0.15) is 5.75 Å². The Labute approximate surface area is 91.0 Å². The standard InChI is InChI=1S/C11H16O3S/c1-9(2)15(12,13)8-10-5-4-6-11(7-10)14-3/h4-7,9H,8H2,1-3H3. The molecule has 0 radical (unpaired) electrons. The summed E-state index contributed by atoms with van der Waals surface area (Å²) in [5.74, 6) is 0.758. The van der Waals surface area contributed by atoms with E-state index in [2.05, 4.69) is 0 Å². The third kappa shape index (κ3) is 3.23. The van der Waals surface area contributed by atoms with Crippen molar-refractivity contribution >= 4 is 9.84 Å². The van der Waals surface area contributed by atoms with Crippen molar-refractivity contribution in [3.63, 3.8) is 0 Å². The molecule has 15 heavy (non-hydrogen) atoms. The Bertz CT molecular complexity index is 421. The van der Waals surface area contributed by atoms with Gasteiger partial charge in [-0.15, -0.1) is 0 Å². The molecule has 1 aromatic rings. The number of benzene rings is 1. The van der Waals surface area contributed by atoms with E-state index < -0.39 is 9.84 Å². The van der Waals surface area contributed by atoms with Gasteiger partial charge in [-0.2, -0.15) is 0 Å². The molecule has 0 unspecified atom stereocenters. The highest BCUT2D eigenvalue weighted by Crippen LogP contribution is 2.16. The van der Waals surface area contributed by atoms with Crippen molar-refractivity contribution in [2.24, 2.45) is 0 Å². The van der Waals surface area contributed by atoms with Crippen molar-refractivity contribution in [3.8, 4) is 5.75 Å². The third-order valence-corrected chi connectivity index (χ3v) is 4.39. The molecule has 0 aromatic heterocycles. The molecule has 4 heteroatoms. The van der Waals surface area contributed by atoms with Gasteiger partial charge in [0, 0.05) is 0 Å². The molecular formula is C11H16O3S. The van der Waals surface area contributed by atoms with E-state index in [9.17, 15) is 8.42 Å². The quantitative estimate of drug-likeness (QED) is 0.792. The second-order valence-electron chi connectivity index (χ2n) is 3.71. The van der Waals surface area contributed by atoms with E-state index in [1.165, 1.54) is 0 Å². The molecular weight excluding hydrogens is 212 g/mol. The second-order valence-corrected chi connectivity index (χ2v) is 6.26. The summed E-state index contributed by atoms with van der Waals surface area (Å²) in [6.07, 6.45) is 0. The Hall–Kier alpha value is -1.03. The van der Waals surface area contributed by atoms with Gasteiger partial charge in [-0.25, -0.2) is 8.42 Å². The fourth-order valence-electron chi connectivity index (χ4n) is 1.16. The number of hydrogen-bond donors (Lipinski definition) is 0. The lowest BCUT2D eigenvalue weighted by molar-refractivity contribution is 0.414. The molecule has 1 rings (SSSR count). The van der Waals surface area contributed by atoms with E-state index in [1.54, 1.807) is 45.2 Å². The SMILES string of the molecule is COc1cccc(CS(=O)(=O)C(C)C)c1. The third-order valence-electron chi connectivity index (χ3n) is 2.22. The largest absolute Gasteiger partial charge is 0.497 e. The molecule has 0 aliphatic heterocycles. The fourth-order valence-corrected chi connectivity index (χ4v) is 2.14. The Morgan fingerprint density at radius 3 is 2.53 bits per heavy atom. The van der Waals surface area contributed by atoms with Crippen molar-refractivity contribution in [3.05, 3.63) is 29.8 Å². The zero-order valence-corrected chi connectivity index (χ0v) is 10.0. The van der Waals surface area contributed by atoms with Crippen LogP contribution < -0.4 is 4.74 Å². The monoisotopic (exact) mass is 228 g/mol. The van der Waals surface area contributed by atoms with Gasteiger partial charge >= 0.3 is 0 Å². The highest BCUT2D eigenvalue weighted by molar-refractivity contribution is 7.91. The molecule has 0 N–H and O–H groups in total. The summed E-state index contributed by atoms with van der Waals surface area (Å²) in [6.45, 7) is 3.38. The molecule has 0 aliphatic carbocycles. The molecule has 0 saturated heterocycles. The maximum atomic E-state index is 11.7. The van der Waals surface area contributed by atoms with E-state index in [1.807, 2.05) is 0 Å². The van der Waals surface area contributed by atoms with Gasteiger partial charge in [-0.05, 0) is 31.5 Å². The topological polar surface area (TPSA) is 43.4 Å². The number of ether oxygens (including phenoxy) is 1. The van der Waals surface area contributed by atoms with Gasteiger partial charge in [-0.1, -0.05) is 12.1 Å². The molecule has 1 aromatic carbocycles. The number of rotatable bonds is 4. The van der Waals surface area contributed by atoms with E-state index in [4.69, 9.17) is 4.74 Å². The second kappa shape index (κ2) is 4.66. The minimum atomic E-state index is -3.03. The van der Waals surface area contributed by atoms with Crippen molar-refractivity contribution in [2.75, 3.05) is 7.11 Å². The highest BCUT2D eigenvalue weighted by Gasteiger charge is 2.16. The molecule has 0 fully saturated rings. The summed E-state index contributed by atoms with van der Waals surface area (Å²) in [5.41, 5.74) is 0.767. The average Bonchev–Trinajstić information content (AvgIpc) is 2.17. The van der Waals surface area contributed by atoms with Gasteiger partial charge in [0.15, 0.2) is 9.84 Å². The lowest BCUT2D eigenvalue weighted by Crippen LogP contribution is -2.15. The number of methoxy groups -OCH3 is 1. The van der Waals surface area contributed by atoms with Crippen LogP contribution >= 0.6 is 0 Å². The number of sulfone groups is 1. The van der Waals surface area contributed by atoms with E-state index >= 15 is 0 Å². The smallest absolute Gasteiger partial charge is 0.156 e. The minimum absolute atomic E-state index is 0.0713. The van der Waals surface area contributed by atoms with Crippen LogP contribution in [0.1, 0.15) is 19.4 Å². The van der Waals surface area contributed by atoms with Crippen LogP contribution in [0.4, 0.5) is 0 Å². The maximum Gasteiger partial charge on any atom is 0.156 e. The zero-order chi connectivity index (χ0) is 11.5. The summed E-state index contributed by atoms with van der Waals surface area (Å²) in [7, 11) is -1.47. The van der Waals surface area contributed by atoms with Gasteiger partial charge < -0.3 is 4.74 Å². The van der Waals surface area contributed by atoms with Gasteiger partial charge in [0.05, 0.1) is 18.1 Å². The molecule has 0 saturated carbocycles. The van der Waals surface area contributed by atoms with Crippen LogP contribution in [0.15, 0.2) is 24.3 Å². The molecule has 0 aliphatic rings. The molecule has 0 atom stereocenters. The Morgan fingerprint density at radius 2 is 2.00 bits per heavy atom. The van der Waals surface area contributed by atoms with E-state index in [-0.39, 0.29) is 11.0 Å². The summed E-state index contributed by atoms with van der Waals surface area (Å²) in [5, 5.41) is -0.344. The summed E-state index contributed by atoms with van der Waals surface area (Å²) < 4.78 is 28.4. The van der Waals surface area contributed by atoms with Crippen LogP contribution in [0.5, 0.6) is 5.75 Å². The predicted molar refractivity (Wildman–Crippen MR) is 60.8 cm³/mol. The van der Waals surface area contributed by atoms with Crippen molar-refractivity contribution in [1.29, 1.82) is 0 Å². The average molecular weight is 228 g/mol. The first-order valence-corrected chi connectivity index (χ1v) is 6.52. The first-order valence-electron chi connectivity index (χ1n) is 4.80. The molecule has 3 nitrogen and oxygen atoms in total. The van der Waals surface area contributed by atoms with Crippen LogP contribution in [0.3, 0.4) is 0 Å². The van der Waals surface area contributed by atoms with Crippen LogP contribution in [-0.2, 0) is 15.6 Å². The first-order chi connectivity index (χ1) is 6.95. The van der Waals surface area contributed by atoms with Crippen molar-refractivity contribution in [1.82, 2.24) is 0 Å². The Kier molecular flexibility index (Phi) is 3.74. The first kappa shape index (κ1) is 12.0. The normalized spacial score (nSPS) is 11.7. The molecule has 0 bridgehead atoms. The Balaban J connectivity index is 2.90. The van der Waals surface area contributed by atoms with Gasteiger partial charge in [-0.3, -0.25) is 0 Å². The summed E-state index contributed by atoms with van der Waals surface area (Å²) >= 11 is 0. The summed E-state index contributed by atoms with van der Waals surface area (Å²) in [6, 6.07) is 7.14. The highest BCUT2D eigenvalue weighted by atomic mass is 32.2. The predicted octanol–water partition coefficient (Wildman–Crippen LogP) is 2.02. The van der Waals surface area contributed by atoms with Crippen molar-refractivity contribution in [2.45, 2.75) is 24.9 Å². The van der Waals surface area contributed by atoms with Gasteiger partial charge in [0.25, 0.3) is 0 Å². The lowest BCUT2D eigenvalue weighted by Gasteiger charge is -2.08. The molecule has 0 spiro atoms. The molecule has 84 valence electrons. The molecule has 0 amide bonds. The van der Waals surface area contributed by atoms with E-state index in [0.29, 0.717) is 5.75 Å². The van der Waals surface area contributed by atoms with Crippen LogP contribution in [0.25, 0.3) is 0 Å². The number of hydrogen-bond acceptors (Lipinski definition) is 3. The lowest BCUT2D eigenvalue weighted by atomic mass is 10.2. The fraction of sp³-hybridized carbons (Fsp3) is 0.455. The molecule has 0 heterocycles. The van der Waals surface area contributed by atoms with Gasteiger partial charge in [0.2, 0.25) is 0 Å². The van der Waals surface area contributed by atoms with Crippen LogP contribution in [0.2, 0.25) is 0 Å². The summed E-state index contributed by atoms with van der Waals surface area (Å²) in [4.78, 5) is 0. The van der Waals surface area contributed by atoms with Crippen LogP contribution in [-0.4, -0.2) is 20.8 Å². The van der Waals surface area contributed by atoms with Crippen LogP contribution in [0, 0.1) is 0 Å².